The Labute approximate surface area is 109 Å². The second kappa shape index (κ2) is 7.54. The summed E-state index contributed by atoms with van der Waals surface area (Å²) in [6.07, 6.45) is -0.191. The van der Waals surface area contributed by atoms with E-state index in [4.69, 9.17) is 10.6 Å². The third kappa shape index (κ3) is 5.39. The van der Waals surface area contributed by atoms with E-state index in [2.05, 4.69) is 21.9 Å². The number of hydrogen-bond acceptors (Lipinski definition) is 3. The first-order chi connectivity index (χ1) is 9.13. The summed E-state index contributed by atoms with van der Waals surface area (Å²) in [6, 6.07) is 6.53. The highest BCUT2D eigenvalue weighted by atomic mass is 16.4. The molecule has 96 valence electrons. The maximum absolute atomic E-state index is 11.6. The number of aliphatic carboxylic acids is 1. The molecule has 1 aromatic carbocycles. The number of hydrogen-bond donors (Lipinski definition) is 1. The molecule has 0 amide bonds. The predicted octanol–water partition coefficient (Wildman–Crippen LogP) is 2.40. The van der Waals surface area contributed by atoms with Crippen molar-refractivity contribution >= 4 is 11.8 Å². The van der Waals surface area contributed by atoms with Gasteiger partial charge >= 0.3 is 5.97 Å². The maximum Gasteiger partial charge on any atom is 0.303 e. The molecule has 1 rings (SSSR count). The summed E-state index contributed by atoms with van der Waals surface area (Å²) >= 11 is 0. The van der Waals surface area contributed by atoms with Crippen molar-refractivity contribution < 1.29 is 14.7 Å². The van der Waals surface area contributed by atoms with E-state index in [0.717, 1.165) is 0 Å². The van der Waals surface area contributed by atoms with Crippen LogP contribution < -0.4 is 0 Å². The Morgan fingerprint density at radius 2 is 1.95 bits per heavy atom. The first kappa shape index (κ1) is 14.3. The first-order valence-corrected chi connectivity index (χ1v) is 5.48. The van der Waals surface area contributed by atoms with Gasteiger partial charge in [0.2, 0.25) is 0 Å². The number of nitrogens with zero attached hydrogens (tertiary/aromatic N) is 3. The molecule has 0 aliphatic carbocycles. The highest BCUT2D eigenvalue weighted by Gasteiger charge is 2.07. The molecule has 19 heavy (non-hydrogen) atoms. The fourth-order valence-corrected chi connectivity index (χ4v) is 1.31. The Bertz CT molecular complexity index is 575. The largest absolute Gasteiger partial charge is 0.481 e. The zero-order chi connectivity index (χ0) is 14.1. The van der Waals surface area contributed by atoms with E-state index >= 15 is 0 Å². The zero-order valence-electron chi connectivity index (χ0n) is 10.0. The molecule has 0 saturated heterocycles. The smallest absolute Gasteiger partial charge is 0.303 e. The van der Waals surface area contributed by atoms with E-state index in [1.807, 2.05) is 0 Å². The minimum Gasteiger partial charge on any atom is -0.481 e. The van der Waals surface area contributed by atoms with E-state index in [0.29, 0.717) is 11.1 Å². The molecule has 0 fully saturated rings. The van der Waals surface area contributed by atoms with Gasteiger partial charge < -0.3 is 5.11 Å². The van der Waals surface area contributed by atoms with E-state index in [-0.39, 0.29) is 25.2 Å². The van der Waals surface area contributed by atoms with Gasteiger partial charge in [-0.2, -0.15) is 0 Å². The van der Waals surface area contributed by atoms with Gasteiger partial charge in [0.1, 0.15) is 0 Å². The molecule has 0 heterocycles. The number of Topliss-reactive ketones (excluding diaryl/α,β-unsaturated/α-hetero) is 1. The number of rotatable bonds is 5. The summed E-state index contributed by atoms with van der Waals surface area (Å²) in [5, 5.41) is 11.8. The number of ketones is 1. The highest BCUT2D eigenvalue weighted by Crippen LogP contribution is 2.07. The first-order valence-electron chi connectivity index (χ1n) is 5.48. The fourth-order valence-electron chi connectivity index (χ4n) is 1.31. The second-order valence-electron chi connectivity index (χ2n) is 3.59. The van der Waals surface area contributed by atoms with Crippen molar-refractivity contribution in [3.8, 4) is 11.8 Å². The molecular weight excluding hydrogens is 246 g/mol. The normalized spacial score (nSPS) is 8.84. The number of benzene rings is 1. The summed E-state index contributed by atoms with van der Waals surface area (Å²) in [5.74, 6) is 4.23. The molecule has 0 spiro atoms. The van der Waals surface area contributed by atoms with Gasteiger partial charge in [-0.05, 0) is 17.7 Å². The van der Waals surface area contributed by atoms with Crippen LogP contribution in [-0.2, 0) is 4.79 Å². The van der Waals surface area contributed by atoms with Gasteiger partial charge in [-0.1, -0.05) is 29.1 Å². The Morgan fingerprint density at radius 1 is 1.26 bits per heavy atom. The third-order valence-corrected chi connectivity index (χ3v) is 2.22. The molecule has 0 aliphatic heterocycles. The number of carbonyl (C=O) groups excluding carboxylic acids is 1. The fraction of sp³-hybridized carbons (Fsp3) is 0.231. The number of carbonyl (C=O) groups is 2. The van der Waals surface area contributed by atoms with Crippen molar-refractivity contribution in [1.82, 2.24) is 0 Å². The van der Waals surface area contributed by atoms with Crippen molar-refractivity contribution in [3.63, 3.8) is 0 Å². The minimum atomic E-state index is -0.992. The molecular formula is C13H11N3O3. The van der Waals surface area contributed by atoms with Crippen LogP contribution >= 0.6 is 0 Å². The van der Waals surface area contributed by atoms with E-state index in [1.165, 1.54) is 0 Å². The SMILES string of the molecule is [N-]=[N+]=NCC#Cc1ccc(C(=O)CCC(=O)O)cc1. The van der Waals surface area contributed by atoms with Crippen LogP contribution in [-0.4, -0.2) is 23.4 Å². The number of carboxylic acid groups (broad SMARTS) is 1. The Balaban J connectivity index is 2.64. The van der Waals surface area contributed by atoms with Gasteiger partial charge in [0.25, 0.3) is 0 Å². The van der Waals surface area contributed by atoms with E-state index < -0.39 is 5.97 Å². The predicted molar refractivity (Wildman–Crippen MR) is 68.5 cm³/mol. The quantitative estimate of drug-likeness (QED) is 0.288. The van der Waals surface area contributed by atoms with Crippen LogP contribution in [0.4, 0.5) is 0 Å². The van der Waals surface area contributed by atoms with Crippen molar-refractivity contribution in [2.45, 2.75) is 12.8 Å². The summed E-state index contributed by atoms with van der Waals surface area (Å²) in [6.45, 7) is 0.0930. The van der Waals surface area contributed by atoms with Gasteiger partial charge in [0.05, 0.1) is 13.0 Å². The molecule has 6 heteroatoms. The van der Waals surface area contributed by atoms with Gasteiger partial charge in [0.15, 0.2) is 5.78 Å². The van der Waals surface area contributed by atoms with Crippen molar-refractivity contribution in [3.05, 3.63) is 45.8 Å². The molecule has 0 saturated carbocycles. The summed E-state index contributed by atoms with van der Waals surface area (Å²) in [4.78, 5) is 24.5. The molecule has 0 unspecified atom stereocenters. The average Bonchev–Trinajstić information content (AvgIpc) is 2.41. The lowest BCUT2D eigenvalue weighted by Gasteiger charge is -1.99. The Morgan fingerprint density at radius 3 is 2.53 bits per heavy atom. The Kier molecular flexibility index (Phi) is 5.67. The molecule has 6 nitrogen and oxygen atoms in total. The maximum atomic E-state index is 11.6. The second-order valence-corrected chi connectivity index (χ2v) is 3.59. The molecule has 1 aromatic rings. The van der Waals surface area contributed by atoms with E-state index in [1.54, 1.807) is 24.3 Å². The monoisotopic (exact) mass is 257 g/mol. The molecule has 0 atom stereocenters. The number of azide groups is 1. The molecule has 0 radical (unpaired) electrons. The van der Waals surface area contributed by atoms with E-state index in [9.17, 15) is 9.59 Å². The lowest BCUT2D eigenvalue weighted by Crippen LogP contribution is -2.03. The third-order valence-electron chi connectivity index (χ3n) is 2.22. The summed E-state index contributed by atoms with van der Waals surface area (Å²) in [7, 11) is 0. The van der Waals surface area contributed by atoms with Crippen molar-refractivity contribution in [2.75, 3.05) is 6.54 Å². The van der Waals surface area contributed by atoms with Crippen LogP contribution in [0.1, 0.15) is 28.8 Å². The highest BCUT2D eigenvalue weighted by molar-refractivity contribution is 5.97. The molecule has 0 aromatic heterocycles. The van der Waals surface area contributed by atoms with Gasteiger partial charge in [-0.25, -0.2) is 0 Å². The standard InChI is InChI=1S/C13H11N3O3/c14-16-15-9-1-2-10-3-5-11(6-4-10)12(17)7-8-13(18)19/h3-6H,7-9H2,(H,18,19). The Hall–Kier alpha value is -2.77. The summed E-state index contributed by atoms with van der Waals surface area (Å²) < 4.78 is 0. The topological polar surface area (TPSA) is 103 Å². The van der Waals surface area contributed by atoms with Gasteiger partial charge in [0, 0.05) is 22.5 Å². The number of carboxylic acids is 1. The molecule has 0 bridgehead atoms. The average molecular weight is 257 g/mol. The lowest BCUT2D eigenvalue weighted by molar-refractivity contribution is -0.136. The van der Waals surface area contributed by atoms with Gasteiger partial charge in [-0.3, -0.25) is 9.59 Å². The van der Waals surface area contributed by atoms with Crippen molar-refractivity contribution in [1.29, 1.82) is 0 Å². The van der Waals surface area contributed by atoms with Crippen LogP contribution in [0.25, 0.3) is 10.4 Å². The molecule has 1 N–H and O–H groups in total. The minimum absolute atomic E-state index is 0.0166. The van der Waals surface area contributed by atoms with Crippen LogP contribution in [0, 0.1) is 11.8 Å². The van der Waals surface area contributed by atoms with Crippen LogP contribution in [0.3, 0.4) is 0 Å². The molecule has 0 aliphatic rings. The van der Waals surface area contributed by atoms with Crippen LogP contribution in [0.2, 0.25) is 0 Å². The lowest BCUT2D eigenvalue weighted by atomic mass is 10.0. The van der Waals surface area contributed by atoms with Crippen LogP contribution in [0.5, 0.6) is 0 Å². The van der Waals surface area contributed by atoms with Crippen molar-refractivity contribution in [2.24, 2.45) is 5.11 Å². The summed E-state index contributed by atoms with van der Waals surface area (Å²) in [5.41, 5.74) is 9.22. The van der Waals surface area contributed by atoms with Crippen LogP contribution in [0.15, 0.2) is 29.4 Å². The zero-order valence-corrected chi connectivity index (χ0v) is 10.0. The van der Waals surface area contributed by atoms with Gasteiger partial charge in [-0.15, -0.1) is 0 Å².